The lowest BCUT2D eigenvalue weighted by Crippen LogP contribution is -2.34. The third-order valence-electron chi connectivity index (χ3n) is 4.23. The van der Waals surface area contributed by atoms with E-state index >= 15 is 0 Å². The summed E-state index contributed by atoms with van der Waals surface area (Å²) >= 11 is 0. The monoisotopic (exact) mass is 275 g/mol. The molecule has 3 nitrogen and oxygen atoms in total. The van der Waals surface area contributed by atoms with Gasteiger partial charge in [-0.3, -0.25) is 0 Å². The van der Waals surface area contributed by atoms with E-state index in [4.69, 9.17) is 0 Å². The Kier molecular flexibility index (Phi) is 4.01. The minimum atomic E-state index is -0.187. The Hall–Kier alpha value is -1.42. The highest BCUT2D eigenvalue weighted by atomic mass is 19.1. The Morgan fingerprint density at radius 2 is 2.30 bits per heavy atom. The third-order valence-corrected chi connectivity index (χ3v) is 4.23. The van der Waals surface area contributed by atoms with Gasteiger partial charge in [0, 0.05) is 19.0 Å². The molecule has 0 bridgehead atoms. The summed E-state index contributed by atoms with van der Waals surface area (Å²) in [6, 6.07) is 5.47. The van der Waals surface area contributed by atoms with E-state index in [0.717, 1.165) is 42.8 Å². The van der Waals surface area contributed by atoms with Crippen molar-refractivity contribution in [2.75, 3.05) is 6.54 Å². The standard InChI is InChI=1S/C16H22FN3/c1-2-20-15-11-12(17)6-8-14(15)19-16(20)9-7-13-5-3-4-10-18-13/h6,8,11,13,18H,2-5,7,9-10H2,1H3. The number of nitrogens with one attached hydrogen (secondary N) is 1. The maximum atomic E-state index is 13.4. The van der Waals surface area contributed by atoms with Crippen molar-refractivity contribution in [2.24, 2.45) is 0 Å². The van der Waals surface area contributed by atoms with Crippen molar-refractivity contribution in [3.05, 3.63) is 29.8 Å². The molecule has 3 rings (SSSR count). The SMILES string of the molecule is CCn1c(CCC2CCCCN2)nc2ccc(F)cc21. The van der Waals surface area contributed by atoms with Gasteiger partial charge in [-0.25, -0.2) is 9.37 Å². The predicted molar refractivity (Wildman–Crippen MR) is 79.3 cm³/mol. The molecular weight excluding hydrogens is 253 g/mol. The Bertz CT molecular complexity index is 585. The number of halogens is 1. The molecule has 1 aliphatic rings. The summed E-state index contributed by atoms with van der Waals surface area (Å²) in [5, 5.41) is 3.57. The molecule has 20 heavy (non-hydrogen) atoms. The normalized spacial score (nSPS) is 19.6. The highest BCUT2D eigenvalue weighted by Gasteiger charge is 2.15. The molecule has 2 heterocycles. The van der Waals surface area contributed by atoms with Crippen molar-refractivity contribution >= 4 is 11.0 Å². The van der Waals surface area contributed by atoms with Gasteiger partial charge in [0.2, 0.25) is 0 Å². The van der Waals surface area contributed by atoms with Gasteiger partial charge in [0.15, 0.2) is 0 Å². The molecule has 1 N–H and O–H groups in total. The van der Waals surface area contributed by atoms with Crippen molar-refractivity contribution < 1.29 is 4.39 Å². The molecule has 1 unspecified atom stereocenters. The number of aryl methyl sites for hydroxylation is 2. The first-order valence-electron chi connectivity index (χ1n) is 7.66. The number of benzene rings is 1. The van der Waals surface area contributed by atoms with Crippen molar-refractivity contribution in [1.29, 1.82) is 0 Å². The fourth-order valence-corrected chi connectivity index (χ4v) is 3.16. The lowest BCUT2D eigenvalue weighted by Gasteiger charge is -2.23. The van der Waals surface area contributed by atoms with Gasteiger partial charge in [0.25, 0.3) is 0 Å². The van der Waals surface area contributed by atoms with Crippen LogP contribution in [0.3, 0.4) is 0 Å². The van der Waals surface area contributed by atoms with E-state index < -0.39 is 0 Å². The zero-order chi connectivity index (χ0) is 13.9. The van der Waals surface area contributed by atoms with Crippen LogP contribution < -0.4 is 5.32 Å². The summed E-state index contributed by atoms with van der Waals surface area (Å²) in [7, 11) is 0. The molecule has 108 valence electrons. The summed E-state index contributed by atoms with van der Waals surface area (Å²) in [6.45, 7) is 4.07. The molecule has 1 saturated heterocycles. The Labute approximate surface area is 119 Å². The average molecular weight is 275 g/mol. The molecule has 0 radical (unpaired) electrons. The summed E-state index contributed by atoms with van der Waals surface area (Å²) in [5.41, 5.74) is 1.82. The topological polar surface area (TPSA) is 29.9 Å². The fraction of sp³-hybridized carbons (Fsp3) is 0.562. The van der Waals surface area contributed by atoms with Crippen molar-refractivity contribution in [2.45, 2.75) is 51.6 Å². The average Bonchev–Trinajstić information content (AvgIpc) is 2.83. The van der Waals surface area contributed by atoms with Crippen LogP contribution in [-0.2, 0) is 13.0 Å². The van der Waals surface area contributed by atoms with Gasteiger partial charge in [-0.05, 0) is 50.9 Å². The zero-order valence-corrected chi connectivity index (χ0v) is 12.0. The van der Waals surface area contributed by atoms with Crippen LogP contribution in [0.5, 0.6) is 0 Å². The van der Waals surface area contributed by atoms with E-state index in [1.54, 1.807) is 12.1 Å². The molecule has 1 aromatic heterocycles. The second-order valence-corrected chi connectivity index (χ2v) is 5.59. The van der Waals surface area contributed by atoms with Crippen LogP contribution >= 0.6 is 0 Å². The van der Waals surface area contributed by atoms with Crippen LogP contribution in [0.25, 0.3) is 11.0 Å². The lowest BCUT2D eigenvalue weighted by atomic mass is 10.0. The third kappa shape index (κ3) is 2.70. The van der Waals surface area contributed by atoms with Gasteiger partial charge in [-0.2, -0.15) is 0 Å². The van der Waals surface area contributed by atoms with Crippen molar-refractivity contribution in [3.63, 3.8) is 0 Å². The number of hydrogen-bond donors (Lipinski definition) is 1. The van der Waals surface area contributed by atoms with Gasteiger partial charge in [-0.1, -0.05) is 6.42 Å². The van der Waals surface area contributed by atoms with E-state index in [1.807, 2.05) is 0 Å². The van der Waals surface area contributed by atoms with Crippen molar-refractivity contribution in [3.8, 4) is 0 Å². The number of piperidine rings is 1. The fourth-order valence-electron chi connectivity index (χ4n) is 3.16. The molecule has 1 aromatic carbocycles. The second kappa shape index (κ2) is 5.92. The van der Waals surface area contributed by atoms with Gasteiger partial charge in [0.05, 0.1) is 11.0 Å². The van der Waals surface area contributed by atoms with Gasteiger partial charge in [0.1, 0.15) is 11.6 Å². The molecule has 2 aromatic rings. The van der Waals surface area contributed by atoms with E-state index in [9.17, 15) is 4.39 Å². The summed E-state index contributed by atoms with van der Waals surface area (Å²) in [5.74, 6) is 0.896. The minimum Gasteiger partial charge on any atom is -0.328 e. The van der Waals surface area contributed by atoms with Crippen LogP contribution in [0, 0.1) is 5.82 Å². The minimum absolute atomic E-state index is 0.187. The number of fused-ring (bicyclic) bond motifs is 1. The first-order valence-corrected chi connectivity index (χ1v) is 7.66. The van der Waals surface area contributed by atoms with E-state index in [0.29, 0.717) is 6.04 Å². The first kappa shape index (κ1) is 13.6. The van der Waals surface area contributed by atoms with Gasteiger partial charge >= 0.3 is 0 Å². The number of aromatic nitrogens is 2. The maximum absolute atomic E-state index is 13.4. The van der Waals surface area contributed by atoms with E-state index in [2.05, 4.69) is 21.8 Å². The molecule has 0 amide bonds. The van der Waals surface area contributed by atoms with Gasteiger partial charge in [-0.15, -0.1) is 0 Å². The quantitative estimate of drug-likeness (QED) is 0.928. The molecule has 0 saturated carbocycles. The van der Waals surface area contributed by atoms with Crippen LogP contribution in [0.2, 0.25) is 0 Å². The molecule has 4 heteroatoms. The van der Waals surface area contributed by atoms with Gasteiger partial charge < -0.3 is 9.88 Å². The molecule has 1 atom stereocenters. The van der Waals surface area contributed by atoms with E-state index in [-0.39, 0.29) is 5.82 Å². The number of nitrogens with zero attached hydrogens (tertiary/aromatic N) is 2. The Balaban J connectivity index is 1.79. The largest absolute Gasteiger partial charge is 0.328 e. The highest BCUT2D eigenvalue weighted by Crippen LogP contribution is 2.20. The number of imidazole rings is 1. The molecule has 1 fully saturated rings. The Morgan fingerprint density at radius 1 is 1.40 bits per heavy atom. The molecular formula is C16H22FN3. The second-order valence-electron chi connectivity index (χ2n) is 5.59. The summed E-state index contributed by atoms with van der Waals surface area (Å²) < 4.78 is 15.5. The predicted octanol–water partition coefficient (Wildman–Crippen LogP) is 3.27. The van der Waals surface area contributed by atoms with Crippen molar-refractivity contribution in [1.82, 2.24) is 14.9 Å². The first-order chi connectivity index (χ1) is 9.78. The number of hydrogen-bond acceptors (Lipinski definition) is 2. The zero-order valence-electron chi connectivity index (χ0n) is 12.0. The van der Waals surface area contributed by atoms with Crippen LogP contribution in [0.15, 0.2) is 18.2 Å². The molecule has 0 aliphatic carbocycles. The summed E-state index contributed by atoms with van der Waals surface area (Å²) in [6.07, 6.45) is 5.96. The molecule has 1 aliphatic heterocycles. The highest BCUT2D eigenvalue weighted by molar-refractivity contribution is 5.76. The van der Waals surface area contributed by atoms with E-state index in [1.165, 1.54) is 25.3 Å². The van der Waals surface area contributed by atoms with Crippen LogP contribution in [0.4, 0.5) is 4.39 Å². The summed E-state index contributed by atoms with van der Waals surface area (Å²) in [4.78, 5) is 4.68. The lowest BCUT2D eigenvalue weighted by molar-refractivity contribution is 0.379. The number of rotatable bonds is 4. The smallest absolute Gasteiger partial charge is 0.125 e. The Morgan fingerprint density at radius 3 is 3.05 bits per heavy atom. The van der Waals surface area contributed by atoms with Crippen LogP contribution in [0.1, 0.15) is 38.4 Å². The molecule has 0 spiro atoms. The van der Waals surface area contributed by atoms with Crippen LogP contribution in [-0.4, -0.2) is 22.1 Å². The maximum Gasteiger partial charge on any atom is 0.125 e.